The van der Waals surface area contributed by atoms with E-state index in [2.05, 4.69) is 23.4 Å². The number of pyridine rings is 1. The standard InChI is InChI=1S/C15H23N3O2/c1-4-5-18-12(2)10-14(19)15(20)13(18)11-17-8-6-16(3)7-9-17/h4,10,20H,1,5-9,11H2,2-3H3. The molecule has 0 unspecified atom stereocenters. The van der Waals surface area contributed by atoms with E-state index in [0.29, 0.717) is 18.8 Å². The van der Waals surface area contributed by atoms with Gasteiger partial charge in [-0.15, -0.1) is 6.58 Å². The largest absolute Gasteiger partial charge is 0.503 e. The van der Waals surface area contributed by atoms with E-state index < -0.39 is 0 Å². The summed E-state index contributed by atoms with van der Waals surface area (Å²) in [6, 6.07) is 1.48. The van der Waals surface area contributed by atoms with Crippen LogP contribution in [-0.4, -0.2) is 52.7 Å². The lowest BCUT2D eigenvalue weighted by atomic mass is 10.2. The molecule has 1 aliphatic rings. The van der Waals surface area contributed by atoms with Crippen molar-refractivity contribution < 1.29 is 5.11 Å². The lowest BCUT2D eigenvalue weighted by molar-refractivity contribution is 0.144. The summed E-state index contributed by atoms with van der Waals surface area (Å²) in [5.41, 5.74) is 1.25. The molecule has 0 spiro atoms. The Kier molecular flexibility index (Phi) is 4.62. The molecule has 5 heteroatoms. The number of aromatic hydroxyl groups is 1. The van der Waals surface area contributed by atoms with E-state index in [1.165, 1.54) is 6.07 Å². The first kappa shape index (κ1) is 14.8. The third-order valence-corrected chi connectivity index (χ3v) is 3.88. The van der Waals surface area contributed by atoms with Crippen molar-refractivity contribution in [3.63, 3.8) is 0 Å². The number of likely N-dealkylation sites (N-methyl/N-ethyl adjacent to an activating group) is 1. The molecule has 20 heavy (non-hydrogen) atoms. The Bertz CT molecular complexity index is 543. The van der Waals surface area contributed by atoms with Gasteiger partial charge in [-0.2, -0.15) is 0 Å². The highest BCUT2D eigenvalue weighted by molar-refractivity contribution is 5.30. The van der Waals surface area contributed by atoms with Gasteiger partial charge < -0.3 is 14.6 Å². The number of allylic oxidation sites excluding steroid dienone is 1. The molecule has 1 aromatic heterocycles. The van der Waals surface area contributed by atoms with E-state index >= 15 is 0 Å². The minimum Gasteiger partial charge on any atom is -0.503 e. The monoisotopic (exact) mass is 277 g/mol. The normalized spacial score (nSPS) is 17.3. The fraction of sp³-hybridized carbons (Fsp3) is 0.533. The summed E-state index contributed by atoms with van der Waals surface area (Å²) in [5.74, 6) is -0.128. The number of hydrogen-bond donors (Lipinski definition) is 1. The van der Waals surface area contributed by atoms with Gasteiger partial charge in [-0.1, -0.05) is 6.08 Å². The summed E-state index contributed by atoms with van der Waals surface area (Å²) in [4.78, 5) is 16.3. The summed E-state index contributed by atoms with van der Waals surface area (Å²) in [6.07, 6.45) is 1.78. The molecule has 1 fully saturated rings. The van der Waals surface area contributed by atoms with E-state index in [1.807, 2.05) is 11.5 Å². The van der Waals surface area contributed by atoms with E-state index in [9.17, 15) is 9.90 Å². The molecule has 2 heterocycles. The van der Waals surface area contributed by atoms with Crippen molar-refractivity contribution in [2.75, 3.05) is 33.2 Å². The summed E-state index contributed by atoms with van der Waals surface area (Å²) in [7, 11) is 2.11. The smallest absolute Gasteiger partial charge is 0.223 e. The van der Waals surface area contributed by atoms with Gasteiger partial charge in [0.15, 0.2) is 5.75 Å². The van der Waals surface area contributed by atoms with Gasteiger partial charge in [0.2, 0.25) is 5.43 Å². The number of rotatable bonds is 4. The summed E-state index contributed by atoms with van der Waals surface area (Å²) in [6.45, 7) is 10.8. The Morgan fingerprint density at radius 1 is 1.35 bits per heavy atom. The molecule has 5 nitrogen and oxygen atoms in total. The van der Waals surface area contributed by atoms with Crippen molar-refractivity contribution in [2.24, 2.45) is 0 Å². The van der Waals surface area contributed by atoms with E-state index in [4.69, 9.17) is 0 Å². The minimum atomic E-state index is -0.299. The first-order chi connectivity index (χ1) is 9.52. The van der Waals surface area contributed by atoms with Crippen LogP contribution in [0.3, 0.4) is 0 Å². The zero-order valence-electron chi connectivity index (χ0n) is 12.3. The predicted molar refractivity (Wildman–Crippen MR) is 80.1 cm³/mol. The van der Waals surface area contributed by atoms with Crippen molar-refractivity contribution in [1.29, 1.82) is 0 Å². The van der Waals surface area contributed by atoms with Gasteiger partial charge in [-0.25, -0.2) is 0 Å². The van der Waals surface area contributed by atoms with Crippen LogP contribution in [0.25, 0.3) is 0 Å². The van der Waals surface area contributed by atoms with Crippen molar-refractivity contribution in [3.8, 4) is 5.75 Å². The fourth-order valence-electron chi connectivity index (χ4n) is 2.58. The van der Waals surface area contributed by atoms with Gasteiger partial charge in [-0.05, 0) is 14.0 Å². The van der Waals surface area contributed by atoms with Crippen molar-refractivity contribution >= 4 is 0 Å². The molecule has 0 atom stereocenters. The maximum atomic E-state index is 11.8. The van der Waals surface area contributed by atoms with E-state index in [0.717, 1.165) is 31.9 Å². The second-order valence-corrected chi connectivity index (χ2v) is 5.42. The van der Waals surface area contributed by atoms with E-state index in [-0.39, 0.29) is 11.2 Å². The molecule has 1 aromatic rings. The lowest BCUT2D eigenvalue weighted by Gasteiger charge is -2.33. The number of aromatic nitrogens is 1. The van der Waals surface area contributed by atoms with Crippen LogP contribution in [0.1, 0.15) is 11.4 Å². The highest BCUT2D eigenvalue weighted by atomic mass is 16.3. The SMILES string of the molecule is C=CCn1c(C)cc(=O)c(O)c1CN1CCN(C)CC1. The highest BCUT2D eigenvalue weighted by Crippen LogP contribution is 2.17. The number of nitrogens with zero attached hydrogens (tertiary/aromatic N) is 3. The fourth-order valence-corrected chi connectivity index (χ4v) is 2.58. The second kappa shape index (κ2) is 6.24. The van der Waals surface area contributed by atoms with Crippen LogP contribution < -0.4 is 5.43 Å². The van der Waals surface area contributed by atoms with E-state index in [1.54, 1.807) is 6.08 Å². The Hall–Kier alpha value is -1.59. The van der Waals surface area contributed by atoms with Crippen LogP contribution in [-0.2, 0) is 13.1 Å². The molecule has 0 aromatic carbocycles. The van der Waals surface area contributed by atoms with Gasteiger partial charge in [0.25, 0.3) is 0 Å². The first-order valence-electron chi connectivity index (χ1n) is 6.97. The van der Waals surface area contributed by atoms with Crippen LogP contribution in [0.2, 0.25) is 0 Å². The molecule has 2 rings (SSSR count). The van der Waals surface area contributed by atoms with Crippen LogP contribution in [0, 0.1) is 6.92 Å². The molecule has 0 bridgehead atoms. The number of aryl methyl sites for hydroxylation is 1. The van der Waals surface area contributed by atoms with Gasteiger partial charge in [-0.3, -0.25) is 9.69 Å². The molecule has 0 radical (unpaired) electrons. The van der Waals surface area contributed by atoms with Gasteiger partial charge >= 0.3 is 0 Å². The summed E-state index contributed by atoms with van der Waals surface area (Å²) >= 11 is 0. The van der Waals surface area contributed by atoms with Gasteiger partial charge in [0.1, 0.15) is 0 Å². The van der Waals surface area contributed by atoms with Gasteiger partial charge in [0.05, 0.1) is 5.69 Å². The van der Waals surface area contributed by atoms with Crippen molar-refractivity contribution in [2.45, 2.75) is 20.0 Å². The Morgan fingerprint density at radius 2 is 2.00 bits per heavy atom. The second-order valence-electron chi connectivity index (χ2n) is 5.42. The third-order valence-electron chi connectivity index (χ3n) is 3.88. The molecular weight excluding hydrogens is 254 g/mol. The van der Waals surface area contributed by atoms with Crippen LogP contribution in [0.15, 0.2) is 23.5 Å². The number of piperazine rings is 1. The maximum absolute atomic E-state index is 11.8. The quantitative estimate of drug-likeness (QED) is 0.827. The van der Waals surface area contributed by atoms with Crippen molar-refractivity contribution in [1.82, 2.24) is 14.4 Å². The highest BCUT2D eigenvalue weighted by Gasteiger charge is 2.19. The summed E-state index contributed by atoms with van der Waals surface area (Å²) < 4.78 is 1.96. The Morgan fingerprint density at radius 3 is 2.60 bits per heavy atom. The Balaban J connectivity index is 2.29. The zero-order valence-corrected chi connectivity index (χ0v) is 12.3. The predicted octanol–water partition coefficient (Wildman–Crippen LogP) is 0.796. The van der Waals surface area contributed by atoms with Crippen LogP contribution >= 0.6 is 0 Å². The molecule has 0 aliphatic carbocycles. The molecule has 1 aliphatic heterocycles. The molecular formula is C15H23N3O2. The molecule has 110 valence electrons. The van der Waals surface area contributed by atoms with Gasteiger partial charge in [0, 0.05) is 51.0 Å². The Labute approximate surface area is 119 Å². The number of hydrogen-bond acceptors (Lipinski definition) is 4. The zero-order chi connectivity index (χ0) is 14.7. The molecule has 1 N–H and O–H groups in total. The molecule has 0 saturated carbocycles. The third kappa shape index (κ3) is 3.11. The molecule has 0 amide bonds. The maximum Gasteiger partial charge on any atom is 0.223 e. The van der Waals surface area contributed by atoms with Crippen LogP contribution in [0.4, 0.5) is 0 Å². The molecule has 1 saturated heterocycles. The van der Waals surface area contributed by atoms with Crippen molar-refractivity contribution in [3.05, 3.63) is 40.3 Å². The average molecular weight is 277 g/mol. The lowest BCUT2D eigenvalue weighted by Crippen LogP contribution is -2.44. The first-order valence-corrected chi connectivity index (χ1v) is 6.97. The van der Waals surface area contributed by atoms with Crippen LogP contribution in [0.5, 0.6) is 5.75 Å². The topological polar surface area (TPSA) is 48.7 Å². The summed E-state index contributed by atoms with van der Waals surface area (Å²) in [5, 5.41) is 10.1. The average Bonchev–Trinajstić information content (AvgIpc) is 2.42. The minimum absolute atomic E-state index is 0.128.